The second-order valence-corrected chi connectivity index (χ2v) is 7.59. The first kappa shape index (κ1) is 19.1. The zero-order valence-corrected chi connectivity index (χ0v) is 15.4. The fourth-order valence-corrected chi connectivity index (χ4v) is 3.46. The summed E-state index contributed by atoms with van der Waals surface area (Å²) in [5, 5.41) is 8.94. The molecule has 0 aromatic heterocycles. The summed E-state index contributed by atoms with van der Waals surface area (Å²) in [7, 11) is 3.39. The Labute approximate surface area is 136 Å². The topological polar surface area (TPSA) is 38.7 Å². The van der Waals surface area contributed by atoms with Crippen molar-refractivity contribution in [1.82, 2.24) is 0 Å². The first-order valence-corrected chi connectivity index (χ1v) is 8.31. The number of hydrogen-bond donors (Lipinski definition) is 1. The van der Waals surface area contributed by atoms with Gasteiger partial charge in [0.15, 0.2) is 0 Å². The van der Waals surface area contributed by atoms with Gasteiger partial charge >= 0.3 is 0 Å². The predicted octanol–water partition coefficient (Wildman–Crippen LogP) is 4.53. The van der Waals surface area contributed by atoms with Crippen LogP contribution in [0.4, 0.5) is 0 Å². The van der Waals surface area contributed by atoms with Crippen LogP contribution in [0.2, 0.25) is 0 Å². The van der Waals surface area contributed by atoms with Crippen molar-refractivity contribution in [2.75, 3.05) is 20.8 Å². The van der Waals surface area contributed by atoms with Crippen molar-refractivity contribution in [1.29, 1.82) is 0 Å². The van der Waals surface area contributed by atoms with E-state index >= 15 is 0 Å². The highest BCUT2D eigenvalue weighted by Crippen LogP contribution is 2.52. The van der Waals surface area contributed by atoms with E-state index in [4.69, 9.17) is 14.6 Å². The molecular formula is C19H34O3. The van der Waals surface area contributed by atoms with E-state index in [1.54, 1.807) is 20.5 Å². The summed E-state index contributed by atoms with van der Waals surface area (Å²) in [4.78, 5) is 0. The second-order valence-electron chi connectivity index (χ2n) is 7.59. The van der Waals surface area contributed by atoms with Crippen LogP contribution >= 0.6 is 0 Å². The molecule has 1 N–H and O–H groups in total. The average Bonchev–Trinajstić information content (AvgIpc) is 2.47. The summed E-state index contributed by atoms with van der Waals surface area (Å²) in [5.41, 5.74) is 3.31. The quantitative estimate of drug-likeness (QED) is 0.775. The minimum Gasteiger partial charge on any atom is -0.504 e. The van der Waals surface area contributed by atoms with Gasteiger partial charge < -0.3 is 14.6 Å². The van der Waals surface area contributed by atoms with Gasteiger partial charge in [-0.3, -0.25) is 0 Å². The Balaban J connectivity index is 0.000000220. The molecular weight excluding hydrogens is 276 g/mol. The second kappa shape index (κ2) is 7.54. The van der Waals surface area contributed by atoms with Crippen LogP contribution in [-0.2, 0) is 9.47 Å². The normalized spacial score (nSPS) is 31.6. The zero-order chi connectivity index (χ0) is 17.0. The Morgan fingerprint density at radius 2 is 1.36 bits per heavy atom. The van der Waals surface area contributed by atoms with Crippen molar-refractivity contribution in [2.24, 2.45) is 22.7 Å². The molecule has 2 aliphatic carbocycles. The summed E-state index contributed by atoms with van der Waals surface area (Å²) in [5.74, 6) is 1.28. The summed E-state index contributed by atoms with van der Waals surface area (Å²) in [6, 6.07) is 0. The van der Waals surface area contributed by atoms with Gasteiger partial charge in [-0.1, -0.05) is 41.0 Å². The fraction of sp³-hybridized carbons (Fsp3) is 0.789. The predicted molar refractivity (Wildman–Crippen MR) is 91.3 cm³/mol. The molecule has 2 aliphatic rings. The molecule has 0 aromatic rings. The van der Waals surface area contributed by atoms with Gasteiger partial charge in [0.1, 0.15) is 0 Å². The first-order valence-electron chi connectivity index (χ1n) is 8.31. The summed E-state index contributed by atoms with van der Waals surface area (Å²) >= 11 is 0. The Bertz CT molecular complexity index is 378. The third kappa shape index (κ3) is 3.68. The van der Waals surface area contributed by atoms with Gasteiger partial charge in [-0.25, -0.2) is 0 Å². The molecule has 2 rings (SSSR count). The Kier molecular flexibility index (Phi) is 6.54. The molecule has 2 unspecified atom stereocenters. The van der Waals surface area contributed by atoms with Crippen molar-refractivity contribution in [2.45, 2.75) is 53.9 Å². The molecule has 0 spiro atoms. The maximum atomic E-state index is 8.94. The Hall–Kier alpha value is -0.960. The van der Waals surface area contributed by atoms with Gasteiger partial charge in [-0.05, 0) is 46.7 Å². The summed E-state index contributed by atoms with van der Waals surface area (Å²) in [6.45, 7) is 11.4. The van der Waals surface area contributed by atoms with Crippen LogP contribution in [0.15, 0.2) is 23.7 Å². The van der Waals surface area contributed by atoms with Gasteiger partial charge in [-0.2, -0.15) is 0 Å². The third-order valence-electron chi connectivity index (χ3n) is 5.86. The molecule has 2 atom stereocenters. The highest BCUT2D eigenvalue weighted by atomic mass is 16.5. The molecule has 0 heterocycles. The van der Waals surface area contributed by atoms with Crippen molar-refractivity contribution in [3.8, 4) is 0 Å². The molecule has 0 saturated heterocycles. The van der Waals surface area contributed by atoms with Crippen LogP contribution in [-0.4, -0.2) is 25.9 Å². The molecule has 3 nitrogen and oxygen atoms in total. The Morgan fingerprint density at radius 1 is 0.955 bits per heavy atom. The molecule has 0 bridgehead atoms. The summed E-state index contributed by atoms with van der Waals surface area (Å²) in [6.07, 6.45) is 7.21. The lowest BCUT2D eigenvalue weighted by atomic mass is 9.58. The first-order chi connectivity index (χ1) is 10.2. The smallest absolute Gasteiger partial charge is 0.0822 e. The van der Waals surface area contributed by atoms with Crippen LogP contribution in [0.1, 0.15) is 53.9 Å². The van der Waals surface area contributed by atoms with E-state index in [0.717, 1.165) is 12.3 Å². The maximum Gasteiger partial charge on any atom is 0.0822 e. The number of rotatable bonds is 4. The van der Waals surface area contributed by atoms with E-state index in [1.165, 1.54) is 24.0 Å². The minimum absolute atomic E-state index is 0.144. The Morgan fingerprint density at radius 3 is 1.64 bits per heavy atom. The highest BCUT2D eigenvalue weighted by Gasteiger charge is 2.43. The van der Waals surface area contributed by atoms with E-state index in [9.17, 15) is 0 Å². The van der Waals surface area contributed by atoms with Gasteiger partial charge in [0.25, 0.3) is 0 Å². The van der Waals surface area contributed by atoms with E-state index in [1.807, 2.05) is 6.26 Å². The molecule has 0 amide bonds. The van der Waals surface area contributed by atoms with Crippen LogP contribution in [0.25, 0.3) is 0 Å². The lowest BCUT2D eigenvalue weighted by Crippen LogP contribution is -2.39. The number of hydrogen-bond acceptors (Lipinski definition) is 3. The lowest BCUT2D eigenvalue weighted by molar-refractivity contribution is 0.0790. The third-order valence-corrected chi connectivity index (χ3v) is 5.86. The number of aliphatic hydroxyl groups is 1. The number of aliphatic hydroxyl groups excluding tert-OH is 1. The minimum atomic E-state index is 0.144. The van der Waals surface area contributed by atoms with Crippen LogP contribution < -0.4 is 0 Å². The van der Waals surface area contributed by atoms with Gasteiger partial charge in [0.05, 0.1) is 26.7 Å². The molecule has 2 saturated carbocycles. The molecule has 2 fully saturated rings. The molecule has 0 aromatic carbocycles. The summed E-state index contributed by atoms with van der Waals surface area (Å²) < 4.78 is 9.94. The lowest BCUT2D eigenvalue weighted by Gasteiger charge is -2.46. The largest absolute Gasteiger partial charge is 0.504 e. The highest BCUT2D eigenvalue weighted by molar-refractivity contribution is 5.23. The number of ether oxygens (including phenoxy) is 2. The number of methoxy groups -OCH3 is 2. The monoisotopic (exact) mass is 310 g/mol. The standard InChI is InChI=1S/C10H18O.C9H16O2/c1-5-8-6-9(7-11-4)10(8,2)3;1-9(2)7(5-10)4-8(9)6-11-3/h7-8H,5-6H2,1-4H3;6-7,10H,4-5H2,1-3H3. The van der Waals surface area contributed by atoms with E-state index < -0.39 is 0 Å². The number of allylic oxidation sites excluding steroid dienone is 2. The van der Waals surface area contributed by atoms with Crippen LogP contribution in [0.3, 0.4) is 0 Å². The molecule has 0 radical (unpaired) electrons. The average molecular weight is 310 g/mol. The van der Waals surface area contributed by atoms with Gasteiger partial charge in [0, 0.05) is 6.61 Å². The SMILES string of the molecule is CCC1CC(=COC)C1(C)C.COC=C1CC(CO)C1(C)C. The van der Waals surface area contributed by atoms with Crippen molar-refractivity contribution < 1.29 is 14.6 Å². The van der Waals surface area contributed by atoms with E-state index in [-0.39, 0.29) is 12.0 Å². The molecule has 22 heavy (non-hydrogen) atoms. The fourth-order valence-electron chi connectivity index (χ4n) is 3.46. The molecule has 128 valence electrons. The van der Waals surface area contributed by atoms with Crippen LogP contribution in [0, 0.1) is 22.7 Å². The van der Waals surface area contributed by atoms with Crippen molar-refractivity contribution in [3.63, 3.8) is 0 Å². The molecule has 0 aliphatic heterocycles. The van der Waals surface area contributed by atoms with E-state index in [0.29, 0.717) is 11.3 Å². The maximum absolute atomic E-state index is 8.94. The zero-order valence-electron chi connectivity index (χ0n) is 15.4. The van der Waals surface area contributed by atoms with Crippen LogP contribution in [0.5, 0.6) is 0 Å². The van der Waals surface area contributed by atoms with Crippen molar-refractivity contribution in [3.05, 3.63) is 23.7 Å². The van der Waals surface area contributed by atoms with Crippen molar-refractivity contribution >= 4 is 0 Å². The van der Waals surface area contributed by atoms with Gasteiger partial charge in [0.2, 0.25) is 0 Å². The van der Waals surface area contributed by atoms with Gasteiger partial charge in [-0.15, -0.1) is 0 Å². The van der Waals surface area contributed by atoms with E-state index in [2.05, 4.69) is 34.6 Å². The molecule has 3 heteroatoms.